The molecule has 0 atom stereocenters. The van der Waals surface area contributed by atoms with E-state index in [1.807, 2.05) is 36.4 Å². The molecule has 0 spiro atoms. The third-order valence-corrected chi connectivity index (χ3v) is 2.69. The van der Waals surface area contributed by atoms with E-state index >= 15 is 0 Å². The predicted molar refractivity (Wildman–Crippen MR) is 69.4 cm³/mol. The minimum Gasteiger partial charge on any atom is -0.459 e. The first kappa shape index (κ1) is 10.6. The molecular formula is C15H10NO2. The van der Waals surface area contributed by atoms with Crippen molar-refractivity contribution in [3.63, 3.8) is 0 Å². The summed E-state index contributed by atoms with van der Waals surface area (Å²) in [4.78, 5) is 11.8. The number of fused-ring (bicyclic) bond motifs is 1. The number of carbonyl (C=O) groups excluding carboxylic acids is 1. The van der Waals surface area contributed by atoms with Crippen molar-refractivity contribution in [2.45, 2.75) is 0 Å². The SMILES string of the molecule is O=C(Nc1ccc2c[c]ccc2c1)c1ccco1. The molecule has 87 valence electrons. The highest BCUT2D eigenvalue weighted by Gasteiger charge is 2.08. The van der Waals surface area contributed by atoms with Crippen LogP contribution in [-0.2, 0) is 0 Å². The van der Waals surface area contributed by atoms with Gasteiger partial charge in [-0.2, -0.15) is 0 Å². The molecule has 3 aromatic rings. The van der Waals surface area contributed by atoms with Crippen LogP contribution in [0.25, 0.3) is 10.8 Å². The Balaban J connectivity index is 1.89. The Morgan fingerprint density at radius 1 is 1.17 bits per heavy atom. The van der Waals surface area contributed by atoms with Gasteiger partial charge in [0.15, 0.2) is 5.76 Å². The van der Waals surface area contributed by atoms with E-state index in [0.717, 1.165) is 16.5 Å². The molecule has 0 saturated heterocycles. The van der Waals surface area contributed by atoms with Crippen LogP contribution >= 0.6 is 0 Å². The summed E-state index contributed by atoms with van der Waals surface area (Å²) in [7, 11) is 0. The van der Waals surface area contributed by atoms with Crippen LogP contribution in [0.2, 0.25) is 0 Å². The Morgan fingerprint density at radius 3 is 2.94 bits per heavy atom. The number of nitrogens with one attached hydrogen (secondary N) is 1. The molecule has 0 bridgehead atoms. The van der Waals surface area contributed by atoms with E-state index in [1.165, 1.54) is 6.26 Å². The predicted octanol–water partition coefficient (Wildman–Crippen LogP) is 3.49. The van der Waals surface area contributed by atoms with Crippen LogP contribution in [0.4, 0.5) is 5.69 Å². The summed E-state index contributed by atoms with van der Waals surface area (Å²) in [6.45, 7) is 0. The van der Waals surface area contributed by atoms with Gasteiger partial charge < -0.3 is 9.73 Å². The Morgan fingerprint density at radius 2 is 2.11 bits per heavy atom. The number of rotatable bonds is 2. The minimum absolute atomic E-state index is 0.248. The van der Waals surface area contributed by atoms with Gasteiger partial charge in [0.1, 0.15) is 0 Å². The number of anilines is 1. The molecule has 3 heteroatoms. The highest BCUT2D eigenvalue weighted by Crippen LogP contribution is 2.19. The van der Waals surface area contributed by atoms with Crippen molar-refractivity contribution in [3.05, 3.63) is 66.6 Å². The molecule has 0 aliphatic carbocycles. The second-order valence-electron chi connectivity index (χ2n) is 3.92. The second-order valence-corrected chi connectivity index (χ2v) is 3.92. The molecular weight excluding hydrogens is 226 g/mol. The molecule has 0 aliphatic rings. The van der Waals surface area contributed by atoms with Crippen LogP contribution in [0.5, 0.6) is 0 Å². The van der Waals surface area contributed by atoms with E-state index in [0.29, 0.717) is 5.76 Å². The van der Waals surface area contributed by atoms with Gasteiger partial charge >= 0.3 is 0 Å². The van der Waals surface area contributed by atoms with Gasteiger partial charge in [0.05, 0.1) is 6.26 Å². The molecule has 18 heavy (non-hydrogen) atoms. The molecule has 0 unspecified atom stereocenters. The van der Waals surface area contributed by atoms with Gasteiger partial charge in [-0.15, -0.1) is 0 Å². The summed E-state index contributed by atoms with van der Waals surface area (Å²) in [5.74, 6) is 0.0540. The standard InChI is InChI=1S/C15H10NO2/c17-15(14-6-3-9-18-14)16-13-8-7-11-4-1-2-5-12(11)10-13/h2-10H,(H,16,17). The lowest BCUT2D eigenvalue weighted by molar-refractivity contribution is 0.0996. The second kappa shape index (κ2) is 4.37. The fraction of sp³-hybridized carbons (Fsp3) is 0. The van der Waals surface area contributed by atoms with Crippen LogP contribution in [0.1, 0.15) is 10.6 Å². The van der Waals surface area contributed by atoms with E-state index < -0.39 is 0 Å². The number of amides is 1. The van der Waals surface area contributed by atoms with Crippen LogP contribution in [0, 0.1) is 6.07 Å². The van der Waals surface area contributed by atoms with Crippen LogP contribution in [0.3, 0.4) is 0 Å². The van der Waals surface area contributed by atoms with E-state index in [4.69, 9.17) is 4.42 Å². The average Bonchev–Trinajstić information content (AvgIpc) is 2.92. The Hall–Kier alpha value is -2.55. The Bertz CT molecular complexity index is 687. The van der Waals surface area contributed by atoms with Crippen molar-refractivity contribution in [1.82, 2.24) is 0 Å². The number of benzene rings is 2. The average molecular weight is 236 g/mol. The van der Waals surface area contributed by atoms with Gasteiger partial charge in [-0.1, -0.05) is 18.2 Å². The smallest absolute Gasteiger partial charge is 0.291 e. The van der Waals surface area contributed by atoms with Crippen molar-refractivity contribution in [1.29, 1.82) is 0 Å². The van der Waals surface area contributed by atoms with Gasteiger partial charge in [-0.3, -0.25) is 4.79 Å². The fourth-order valence-electron chi connectivity index (χ4n) is 1.80. The van der Waals surface area contributed by atoms with Crippen LogP contribution in [-0.4, -0.2) is 5.91 Å². The fourth-order valence-corrected chi connectivity index (χ4v) is 1.80. The Kier molecular flexibility index (Phi) is 2.57. The summed E-state index contributed by atoms with van der Waals surface area (Å²) in [5.41, 5.74) is 0.745. The highest BCUT2D eigenvalue weighted by molar-refractivity contribution is 6.03. The van der Waals surface area contributed by atoms with Crippen molar-refractivity contribution < 1.29 is 9.21 Å². The zero-order valence-corrected chi connectivity index (χ0v) is 9.51. The lowest BCUT2D eigenvalue weighted by Gasteiger charge is -2.04. The zero-order chi connectivity index (χ0) is 12.4. The van der Waals surface area contributed by atoms with Gasteiger partial charge in [0.25, 0.3) is 5.91 Å². The van der Waals surface area contributed by atoms with Gasteiger partial charge in [-0.05, 0) is 47.2 Å². The topological polar surface area (TPSA) is 42.2 Å². The normalized spacial score (nSPS) is 10.4. The van der Waals surface area contributed by atoms with Crippen molar-refractivity contribution in [2.24, 2.45) is 0 Å². The molecule has 0 aliphatic heterocycles. The first-order chi connectivity index (χ1) is 8.83. The van der Waals surface area contributed by atoms with Gasteiger partial charge in [0, 0.05) is 5.69 Å². The first-order valence-corrected chi connectivity index (χ1v) is 5.58. The zero-order valence-electron chi connectivity index (χ0n) is 9.51. The van der Waals surface area contributed by atoms with Gasteiger partial charge in [0.2, 0.25) is 0 Å². The van der Waals surface area contributed by atoms with E-state index in [-0.39, 0.29) is 5.91 Å². The third-order valence-electron chi connectivity index (χ3n) is 2.69. The maximum Gasteiger partial charge on any atom is 0.291 e. The maximum atomic E-state index is 11.8. The molecule has 0 saturated carbocycles. The molecule has 1 heterocycles. The third kappa shape index (κ3) is 1.98. The van der Waals surface area contributed by atoms with Crippen molar-refractivity contribution in [2.75, 3.05) is 5.32 Å². The van der Waals surface area contributed by atoms with E-state index in [1.54, 1.807) is 12.1 Å². The summed E-state index contributed by atoms with van der Waals surface area (Å²) in [6.07, 6.45) is 1.48. The van der Waals surface area contributed by atoms with Crippen molar-refractivity contribution >= 4 is 22.4 Å². The Labute approximate surface area is 104 Å². The van der Waals surface area contributed by atoms with Crippen LogP contribution in [0.15, 0.2) is 59.2 Å². The largest absolute Gasteiger partial charge is 0.459 e. The summed E-state index contributed by atoms with van der Waals surface area (Å²) >= 11 is 0. The lowest BCUT2D eigenvalue weighted by atomic mass is 10.1. The minimum atomic E-state index is -0.248. The van der Waals surface area contributed by atoms with E-state index in [2.05, 4.69) is 11.4 Å². The maximum absolute atomic E-state index is 11.8. The molecule has 3 nitrogen and oxygen atoms in total. The molecule has 1 aromatic heterocycles. The monoisotopic (exact) mass is 236 g/mol. The molecule has 1 amide bonds. The first-order valence-electron chi connectivity index (χ1n) is 5.58. The lowest BCUT2D eigenvalue weighted by Crippen LogP contribution is -2.10. The highest BCUT2D eigenvalue weighted by atomic mass is 16.3. The summed E-state index contributed by atoms with van der Waals surface area (Å²) in [6, 6.07) is 17.8. The van der Waals surface area contributed by atoms with Gasteiger partial charge in [-0.25, -0.2) is 0 Å². The molecule has 1 N–H and O–H groups in total. The van der Waals surface area contributed by atoms with E-state index in [9.17, 15) is 4.79 Å². The number of furan rings is 1. The molecule has 3 rings (SSSR count). The van der Waals surface area contributed by atoms with Crippen molar-refractivity contribution in [3.8, 4) is 0 Å². The summed E-state index contributed by atoms with van der Waals surface area (Å²) < 4.78 is 5.04. The number of hydrogen-bond acceptors (Lipinski definition) is 2. The number of hydrogen-bond donors (Lipinski definition) is 1. The number of carbonyl (C=O) groups is 1. The van der Waals surface area contributed by atoms with Crippen LogP contribution < -0.4 is 5.32 Å². The molecule has 1 radical (unpaired) electrons. The molecule has 0 fully saturated rings. The molecule has 2 aromatic carbocycles. The summed E-state index contributed by atoms with van der Waals surface area (Å²) in [5, 5.41) is 4.95. The quantitative estimate of drug-likeness (QED) is 0.740.